The first-order chi connectivity index (χ1) is 12.7. The van der Waals surface area contributed by atoms with Crippen molar-refractivity contribution in [2.24, 2.45) is 0 Å². The van der Waals surface area contributed by atoms with E-state index in [1.54, 1.807) is 24.3 Å². The molecule has 0 spiro atoms. The predicted molar refractivity (Wildman–Crippen MR) is 109 cm³/mol. The Hall–Kier alpha value is -2.09. The first kappa shape index (κ1) is 21.2. The summed E-state index contributed by atoms with van der Waals surface area (Å²) >= 11 is 6.08. The van der Waals surface area contributed by atoms with Crippen LogP contribution < -0.4 is 10.0 Å². The topological polar surface area (TPSA) is 78.5 Å². The number of anilines is 1. The molecular weight excluding hydrogens is 386 g/mol. The van der Waals surface area contributed by atoms with E-state index in [9.17, 15) is 13.2 Å². The van der Waals surface area contributed by atoms with Crippen molar-refractivity contribution in [2.45, 2.75) is 18.2 Å². The smallest absolute Gasteiger partial charge is 0.263 e. The van der Waals surface area contributed by atoms with Crippen LogP contribution in [0.5, 0.6) is 0 Å². The van der Waals surface area contributed by atoms with Crippen molar-refractivity contribution in [2.75, 3.05) is 31.9 Å². The molecule has 0 radical (unpaired) electrons. The van der Waals surface area contributed by atoms with E-state index in [1.165, 1.54) is 18.2 Å². The van der Waals surface area contributed by atoms with Gasteiger partial charge in [-0.3, -0.25) is 9.52 Å². The minimum Gasteiger partial charge on any atom is -0.352 e. The van der Waals surface area contributed by atoms with Crippen LogP contribution >= 0.6 is 11.6 Å². The molecule has 0 bridgehead atoms. The molecule has 0 fully saturated rings. The van der Waals surface area contributed by atoms with Gasteiger partial charge in [0.25, 0.3) is 15.9 Å². The molecule has 2 N–H and O–H groups in total. The van der Waals surface area contributed by atoms with Crippen molar-refractivity contribution in [3.05, 3.63) is 58.6 Å². The molecule has 0 atom stereocenters. The Balaban J connectivity index is 2.15. The Morgan fingerprint density at radius 2 is 1.78 bits per heavy atom. The Kier molecular flexibility index (Phi) is 7.24. The predicted octanol–water partition coefficient (Wildman–Crippen LogP) is 3.13. The zero-order valence-electron chi connectivity index (χ0n) is 15.6. The number of carbonyl (C=O) groups is 1. The number of hydrogen-bond acceptors (Lipinski definition) is 4. The minimum atomic E-state index is -3.92. The number of nitrogens with one attached hydrogen (secondary N) is 2. The van der Waals surface area contributed by atoms with Crippen LogP contribution in [-0.2, 0) is 10.0 Å². The quantitative estimate of drug-likeness (QED) is 0.656. The number of aryl methyl sites for hydroxylation is 1. The van der Waals surface area contributed by atoms with E-state index in [2.05, 4.69) is 10.0 Å². The van der Waals surface area contributed by atoms with Gasteiger partial charge in [0.2, 0.25) is 0 Å². The number of halogens is 1. The van der Waals surface area contributed by atoms with E-state index in [0.29, 0.717) is 12.2 Å². The van der Waals surface area contributed by atoms with Crippen LogP contribution in [0.1, 0.15) is 22.3 Å². The average molecular weight is 410 g/mol. The van der Waals surface area contributed by atoms with Crippen molar-refractivity contribution in [3.8, 4) is 0 Å². The highest BCUT2D eigenvalue weighted by Crippen LogP contribution is 2.25. The first-order valence-corrected chi connectivity index (χ1v) is 10.4. The van der Waals surface area contributed by atoms with E-state index in [-0.39, 0.29) is 21.4 Å². The fourth-order valence-electron chi connectivity index (χ4n) is 2.38. The second-order valence-electron chi connectivity index (χ2n) is 6.53. The highest BCUT2D eigenvalue weighted by Gasteiger charge is 2.20. The molecule has 2 aromatic carbocycles. The maximum absolute atomic E-state index is 12.7. The Morgan fingerprint density at radius 1 is 1.11 bits per heavy atom. The monoisotopic (exact) mass is 409 g/mol. The third kappa shape index (κ3) is 6.23. The van der Waals surface area contributed by atoms with E-state index >= 15 is 0 Å². The van der Waals surface area contributed by atoms with Crippen LogP contribution in [0.25, 0.3) is 0 Å². The first-order valence-electron chi connectivity index (χ1n) is 8.51. The summed E-state index contributed by atoms with van der Waals surface area (Å²) in [5, 5.41) is 2.84. The van der Waals surface area contributed by atoms with Gasteiger partial charge in [-0.25, -0.2) is 8.42 Å². The van der Waals surface area contributed by atoms with Crippen LogP contribution in [0, 0.1) is 6.92 Å². The van der Waals surface area contributed by atoms with Crippen LogP contribution in [0.15, 0.2) is 47.4 Å². The molecular formula is C19H24ClN3O3S. The van der Waals surface area contributed by atoms with Crippen molar-refractivity contribution in [3.63, 3.8) is 0 Å². The van der Waals surface area contributed by atoms with Crippen LogP contribution in [0.4, 0.5) is 5.69 Å². The van der Waals surface area contributed by atoms with E-state index in [4.69, 9.17) is 11.6 Å². The van der Waals surface area contributed by atoms with Gasteiger partial charge in [-0.1, -0.05) is 29.3 Å². The summed E-state index contributed by atoms with van der Waals surface area (Å²) in [6.07, 6.45) is 0.798. The van der Waals surface area contributed by atoms with Gasteiger partial charge in [0.15, 0.2) is 0 Å². The second-order valence-corrected chi connectivity index (χ2v) is 8.59. The van der Waals surface area contributed by atoms with Gasteiger partial charge in [-0.15, -0.1) is 0 Å². The largest absolute Gasteiger partial charge is 0.352 e. The normalized spacial score (nSPS) is 11.4. The molecule has 2 aromatic rings. The lowest BCUT2D eigenvalue weighted by Gasteiger charge is -2.12. The fraction of sp³-hybridized carbons (Fsp3) is 0.316. The zero-order valence-corrected chi connectivity index (χ0v) is 17.2. The van der Waals surface area contributed by atoms with E-state index < -0.39 is 10.0 Å². The third-order valence-electron chi connectivity index (χ3n) is 3.85. The molecule has 146 valence electrons. The van der Waals surface area contributed by atoms with Crippen LogP contribution in [0.3, 0.4) is 0 Å². The summed E-state index contributed by atoms with van der Waals surface area (Å²) in [7, 11) is -0.00281. The molecule has 0 saturated heterocycles. The number of rotatable bonds is 8. The van der Waals surface area contributed by atoms with Gasteiger partial charge in [0.05, 0.1) is 5.02 Å². The lowest BCUT2D eigenvalue weighted by molar-refractivity contribution is 0.0952. The molecule has 1 amide bonds. The molecule has 0 aromatic heterocycles. The molecule has 0 heterocycles. The molecule has 0 aliphatic heterocycles. The summed E-state index contributed by atoms with van der Waals surface area (Å²) in [6.45, 7) is 3.26. The number of nitrogens with zero attached hydrogens (tertiary/aromatic N) is 1. The lowest BCUT2D eigenvalue weighted by Crippen LogP contribution is -2.27. The summed E-state index contributed by atoms with van der Waals surface area (Å²) in [6, 6.07) is 11.2. The van der Waals surface area contributed by atoms with Crippen LogP contribution in [-0.4, -0.2) is 46.4 Å². The number of amides is 1. The number of hydrogen-bond donors (Lipinski definition) is 2. The zero-order chi connectivity index (χ0) is 20.0. The van der Waals surface area contributed by atoms with Crippen molar-refractivity contribution in [1.29, 1.82) is 0 Å². The molecule has 27 heavy (non-hydrogen) atoms. The molecule has 8 heteroatoms. The maximum Gasteiger partial charge on any atom is 0.263 e. The molecule has 2 rings (SSSR count). The van der Waals surface area contributed by atoms with Crippen molar-refractivity contribution < 1.29 is 13.2 Å². The Bertz CT molecular complexity index is 897. The molecule has 0 unspecified atom stereocenters. The van der Waals surface area contributed by atoms with Gasteiger partial charge < -0.3 is 10.2 Å². The Labute approximate surface area is 165 Å². The second kappa shape index (κ2) is 9.21. The fourth-order valence-corrected chi connectivity index (χ4v) is 3.97. The third-order valence-corrected chi connectivity index (χ3v) is 5.72. The minimum absolute atomic E-state index is 0.0544. The molecule has 0 aliphatic rings. The van der Waals surface area contributed by atoms with Crippen molar-refractivity contribution in [1.82, 2.24) is 10.2 Å². The van der Waals surface area contributed by atoms with Gasteiger partial charge in [0.1, 0.15) is 4.90 Å². The highest BCUT2D eigenvalue weighted by atomic mass is 35.5. The standard InChI is InChI=1S/C19H24ClN3O3S/c1-14-5-8-16(9-6-14)22-27(25,26)18-13-15(7-10-17(18)20)19(24)21-11-4-12-23(2)3/h5-10,13,22H,4,11-12H2,1-3H3,(H,21,24). The van der Waals surface area contributed by atoms with E-state index in [1.807, 2.05) is 25.9 Å². The number of carbonyl (C=O) groups excluding carboxylic acids is 1. The van der Waals surface area contributed by atoms with Gasteiger partial charge in [0, 0.05) is 17.8 Å². The molecule has 6 nitrogen and oxygen atoms in total. The summed E-state index contributed by atoms with van der Waals surface area (Å²) in [5.74, 6) is -0.336. The van der Waals surface area contributed by atoms with Gasteiger partial charge in [-0.2, -0.15) is 0 Å². The number of benzene rings is 2. The van der Waals surface area contributed by atoms with Crippen molar-refractivity contribution >= 4 is 33.2 Å². The average Bonchev–Trinajstić information content (AvgIpc) is 2.60. The van der Waals surface area contributed by atoms with Crippen LogP contribution in [0.2, 0.25) is 5.02 Å². The lowest BCUT2D eigenvalue weighted by atomic mass is 10.2. The van der Waals surface area contributed by atoms with Gasteiger partial charge in [-0.05, 0) is 64.3 Å². The summed E-state index contributed by atoms with van der Waals surface area (Å²) < 4.78 is 27.9. The highest BCUT2D eigenvalue weighted by molar-refractivity contribution is 7.92. The number of sulfonamides is 1. The van der Waals surface area contributed by atoms with Gasteiger partial charge >= 0.3 is 0 Å². The molecule has 0 saturated carbocycles. The molecule has 0 aliphatic carbocycles. The SMILES string of the molecule is Cc1ccc(NS(=O)(=O)c2cc(C(=O)NCCCN(C)C)ccc2Cl)cc1. The Morgan fingerprint density at radius 3 is 2.41 bits per heavy atom. The summed E-state index contributed by atoms with van der Waals surface area (Å²) in [5.41, 5.74) is 1.69. The summed E-state index contributed by atoms with van der Waals surface area (Å²) in [4.78, 5) is 14.2. The van der Waals surface area contributed by atoms with E-state index in [0.717, 1.165) is 18.5 Å². The maximum atomic E-state index is 12.7.